The third kappa shape index (κ3) is 2.92. The van der Waals surface area contributed by atoms with Crippen LogP contribution in [0.4, 0.5) is 4.79 Å². The van der Waals surface area contributed by atoms with Crippen LogP contribution in [0.25, 0.3) is 0 Å². The largest absolute Gasteiger partial charge is 0.453 e. The maximum Gasteiger partial charge on any atom is 0.409 e. The zero-order valence-electron chi connectivity index (χ0n) is 6.13. The average Bonchev–Trinajstić information content (AvgIpc) is 1.98. The van der Waals surface area contributed by atoms with E-state index in [0.29, 0.717) is 13.0 Å². The van der Waals surface area contributed by atoms with Crippen molar-refractivity contribution in [2.24, 2.45) is 0 Å². The van der Waals surface area contributed by atoms with Crippen LogP contribution in [-0.2, 0) is 4.74 Å². The lowest BCUT2D eigenvalue weighted by atomic mass is 10.4. The van der Waals surface area contributed by atoms with Crippen LogP contribution < -0.4 is 0 Å². The molecular formula is C6H10N2O2. The Balaban J connectivity index is 3.53. The molecule has 0 aliphatic rings. The van der Waals surface area contributed by atoms with E-state index in [1.54, 1.807) is 7.05 Å². The number of hydrogen-bond acceptors (Lipinski definition) is 3. The number of nitrogens with zero attached hydrogens (tertiary/aromatic N) is 2. The Morgan fingerprint density at radius 1 is 1.80 bits per heavy atom. The van der Waals surface area contributed by atoms with Crippen molar-refractivity contribution in [3.05, 3.63) is 0 Å². The highest BCUT2D eigenvalue weighted by Gasteiger charge is 2.05. The van der Waals surface area contributed by atoms with Crippen LogP contribution in [0.5, 0.6) is 0 Å². The Kier molecular flexibility index (Phi) is 4.05. The molecule has 4 nitrogen and oxygen atoms in total. The molecule has 0 saturated carbocycles. The third-order valence-electron chi connectivity index (χ3n) is 1.05. The van der Waals surface area contributed by atoms with Crippen LogP contribution in [0.1, 0.15) is 6.42 Å². The van der Waals surface area contributed by atoms with Crippen molar-refractivity contribution in [3.63, 3.8) is 0 Å². The van der Waals surface area contributed by atoms with Gasteiger partial charge in [-0.2, -0.15) is 5.26 Å². The minimum atomic E-state index is -0.407. The summed E-state index contributed by atoms with van der Waals surface area (Å²) in [4.78, 5) is 12.0. The smallest absolute Gasteiger partial charge is 0.409 e. The Morgan fingerprint density at radius 3 is 2.80 bits per heavy atom. The van der Waals surface area contributed by atoms with Crippen LogP contribution in [-0.4, -0.2) is 31.7 Å². The van der Waals surface area contributed by atoms with E-state index in [9.17, 15) is 4.79 Å². The number of hydrogen-bond donors (Lipinski definition) is 0. The fourth-order valence-electron chi connectivity index (χ4n) is 0.465. The second-order valence-corrected chi connectivity index (χ2v) is 1.80. The monoisotopic (exact) mass is 142 g/mol. The standard InChI is InChI=1S/C6H10N2O2/c1-8(5-3-4-7)6(9)10-2/h3,5H2,1-2H3. The van der Waals surface area contributed by atoms with E-state index in [0.717, 1.165) is 0 Å². The third-order valence-corrected chi connectivity index (χ3v) is 1.05. The van der Waals surface area contributed by atoms with Gasteiger partial charge in [-0.25, -0.2) is 4.79 Å². The Morgan fingerprint density at radius 2 is 2.40 bits per heavy atom. The summed E-state index contributed by atoms with van der Waals surface area (Å²) in [6.07, 6.45) is -0.0683. The zero-order valence-corrected chi connectivity index (χ0v) is 6.13. The van der Waals surface area contributed by atoms with Crippen LogP contribution in [0.2, 0.25) is 0 Å². The first-order valence-corrected chi connectivity index (χ1v) is 2.88. The number of carbonyl (C=O) groups excluding carboxylic acids is 1. The lowest BCUT2D eigenvalue weighted by molar-refractivity contribution is 0.134. The first-order valence-electron chi connectivity index (χ1n) is 2.88. The molecular weight excluding hydrogens is 132 g/mol. The van der Waals surface area contributed by atoms with Crippen molar-refractivity contribution >= 4 is 6.09 Å². The van der Waals surface area contributed by atoms with E-state index in [-0.39, 0.29) is 0 Å². The molecule has 0 atom stereocenters. The van der Waals surface area contributed by atoms with Gasteiger partial charge in [-0.3, -0.25) is 0 Å². The normalized spacial score (nSPS) is 8.10. The van der Waals surface area contributed by atoms with Gasteiger partial charge in [0, 0.05) is 13.6 Å². The summed E-state index contributed by atoms with van der Waals surface area (Å²) in [5, 5.41) is 8.14. The van der Waals surface area contributed by atoms with Gasteiger partial charge in [0.2, 0.25) is 0 Å². The molecule has 0 fully saturated rings. The van der Waals surface area contributed by atoms with Gasteiger partial charge in [0.15, 0.2) is 0 Å². The molecule has 0 radical (unpaired) electrons. The van der Waals surface area contributed by atoms with Crippen molar-refractivity contribution < 1.29 is 9.53 Å². The lowest BCUT2D eigenvalue weighted by Gasteiger charge is -2.12. The highest BCUT2D eigenvalue weighted by atomic mass is 16.5. The van der Waals surface area contributed by atoms with Crippen molar-refractivity contribution in [1.82, 2.24) is 4.90 Å². The molecule has 0 aromatic heterocycles. The van der Waals surface area contributed by atoms with Crippen LogP contribution in [0, 0.1) is 11.3 Å². The van der Waals surface area contributed by atoms with Gasteiger partial charge in [-0.05, 0) is 0 Å². The van der Waals surface area contributed by atoms with Crippen LogP contribution >= 0.6 is 0 Å². The summed E-state index contributed by atoms with van der Waals surface area (Å²) in [6, 6.07) is 1.93. The molecule has 1 amide bonds. The molecule has 0 aromatic carbocycles. The lowest BCUT2D eigenvalue weighted by Crippen LogP contribution is -2.27. The van der Waals surface area contributed by atoms with E-state index in [1.165, 1.54) is 12.0 Å². The predicted octanol–water partition coefficient (Wildman–Crippen LogP) is 0.598. The first kappa shape index (κ1) is 8.76. The molecule has 0 saturated heterocycles. The fraction of sp³-hybridized carbons (Fsp3) is 0.667. The van der Waals surface area contributed by atoms with Gasteiger partial charge in [0.05, 0.1) is 19.6 Å². The summed E-state index contributed by atoms with van der Waals surface area (Å²) in [5.41, 5.74) is 0. The van der Waals surface area contributed by atoms with Crippen LogP contribution in [0.3, 0.4) is 0 Å². The fourth-order valence-corrected chi connectivity index (χ4v) is 0.465. The highest BCUT2D eigenvalue weighted by molar-refractivity contribution is 5.66. The number of nitriles is 1. The summed E-state index contributed by atoms with van der Waals surface area (Å²) >= 11 is 0. The van der Waals surface area contributed by atoms with E-state index in [2.05, 4.69) is 4.74 Å². The molecule has 0 bridgehead atoms. The van der Waals surface area contributed by atoms with E-state index in [4.69, 9.17) is 5.26 Å². The van der Waals surface area contributed by atoms with Gasteiger partial charge >= 0.3 is 6.09 Å². The summed E-state index contributed by atoms with van der Waals surface area (Å²) < 4.78 is 4.39. The molecule has 0 heterocycles. The quantitative estimate of drug-likeness (QED) is 0.567. The maximum atomic E-state index is 10.6. The molecule has 0 unspecified atom stereocenters. The zero-order chi connectivity index (χ0) is 7.98. The van der Waals surface area contributed by atoms with E-state index in [1.807, 2.05) is 6.07 Å². The van der Waals surface area contributed by atoms with Gasteiger partial charge in [-0.15, -0.1) is 0 Å². The second kappa shape index (κ2) is 4.62. The van der Waals surface area contributed by atoms with E-state index < -0.39 is 6.09 Å². The predicted molar refractivity (Wildman–Crippen MR) is 35.3 cm³/mol. The topological polar surface area (TPSA) is 53.3 Å². The molecule has 10 heavy (non-hydrogen) atoms. The SMILES string of the molecule is COC(=O)N(C)CCC#N. The Bertz CT molecular complexity index is 150. The van der Waals surface area contributed by atoms with Crippen molar-refractivity contribution in [2.45, 2.75) is 6.42 Å². The average molecular weight is 142 g/mol. The molecule has 4 heteroatoms. The molecule has 0 aromatic rings. The molecule has 0 rings (SSSR count). The highest BCUT2D eigenvalue weighted by Crippen LogP contribution is 1.89. The van der Waals surface area contributed by atoms with Crippen molar-refractivity contribution in [1.29, 1.82) is 5.26 Å². The molecule has 0 spiro atoms. The maximum absolute atomic E-state index is 10.6. The summed E-state index contributed by atoms with van der Waals surface area (Å²) in [5.74, 6) is 0. The van der Waals surface area contributed by atoms with E-state index >= 15 is 0 Å². The van der Waals surface area contributed by atoms with Gasteiger partial charge < -0.3 is 9.64 Å². The number of methoxy groups -OCH3 is 1. The van der Waals surface area contributed by atoms with Crippen molar-refractivity contribution in [2.75, 3.05) is 20.7 Å². The molecule has 0 aliphatic heterocycles. The van der Waals surface area contributed by atoms with Gasteiger partial charge in [-0.1, -0.05) is 0 Å². The molecule has 56 valence electrons. The van der Waals surface area contributed by atoms with Crippen molar-refractivity contribution in [3.8, 4) is 6.07 Å². The Hall–Kier alpha value is -1.24. The second-order valence-electron chi connectivity index (χ2n) is 1.80. The minimum Gasteiger partial charge on any atom is -0.453 e. The van der Waals surface area contributed by atoms with Gasteiger partial charge in [0.1, 0.15) is 0 Å². The molecule has 0 aliphatic carbocycles. The number of ether oxygens (including phenoxy) is 1. The molecule has 0 N–H and O–H groups in total. The Labute approximate surface area is 60.0 Å². The number of amides is 1. The van der Waals surface area contributed by atoms with Crippen LogP contribution in [0.15, 0.2) is 0 Å². The summed E-state index contributed by atoms with van der Waals surface area (Å²) in [6.45, 7) is 0.420. The number of carbonyl (C=O) groups is 1. The minimum absolute atomic E-state index is 0.339. The number of rotatable bonds is 2. The first-order chi connectivity index (χ1) is 4.72. The summed E-state index contributed by atoms with van der Waals surface area (Å²) in [7, 11) is 2.90. The van der Waals surface area contributed by atoms with Gasteiger partial charge in [0.25, 0.3) is 0 Å².